The van der Waals surface area contributed by atoms with Crippen molar-refractivity contribution in [2.45, 2.75) is 50.7 Å². The molecule has 6 atom stereocenters. The van der Waals surface area contributed by atoms with E-state index in [1.54, 1.807) is 0 Å². The van der Waals surface area contributed by atoms with Crippen molar-refractivity contribution in [3.8, 4) is 17.2 Å². The van der Waals surface area contributed by atoms with Gasteiger partial charge >= 0.3 is 0 Å². The molecule has 1 fully saturated rings. The van der Waals surface area contributed by atoms with Gasteiger partial charge in [0.1, 0.15) is 42.0 Å². The molecule has 0 radical (unpaired) electrons. The van der Waals surface area contributed by atoms with Gasteiger partial charge in [-0.05, 0) is 38.1 Å². The number of ether oxygens (including phenoxy) is 1. The first-order valence-corrected chi connectivity index (χ1v) is 10.4. The molecule has 12 heteroatoms. The van der Waals surface area contributed by atoms with Crippen molar-refractivity contribution in [2.24, 2.45) is 0 Å². The molecule has 2 aliphatic rings. The fraction of sp³-hybridized carbons (Fsp3) is 0.348. The van der Waals surface area contributed by atoms with Crippen molar-refractivity contribution in [3.63, 3.8) is 0 Å². The number of ketones is 3. The number of rotatable bonds is 5. The van der Waals surface area contributed by atoms with Crippen LogP contribution in [0, 0.1) is 6.92 Å². The van der Waals surface area contributed by atoms with E-state index in [0.717, 1.165) is 19.1 Å². The summed E-state index contributed by atoms with van der Waals surface area (Å²) in [5.74, 6) is -3.16. The van der Waals surface area contributed by atoms with E-state index < -0.39 is 59.9 Å². The van der Waals surface area contributed by atoms with Crippen molar-refractivity contribution in [1.29, 1.82) is 0 Å². The highest BCUT2D eigenvalue weighted by Crippen LogP contribution is 2.40. The molecule has 0 amide bonds. The third kappa shape index (κ3) is 4.05. The molecule has 1 aliphatic heterocycles. The molecule has 2 unspecified atom stereocenters. The number of Topliss-reactive ketones (excluding diaryl/α,β-unsaturated/α-hetero) is 1. The standard InChI is InChI=1S/C23H22O12/c1-7-13(34-35-23-21(32)19(30)20(31)22(33-23)16(27)8(2)24)6-12-14(15(7)26)18(29)10-4-3-9(25)5-11(10)17(12)28/h3-6,16,19-23,25-27,30-32H,1-2H3/t16?,19-,20-,21+,22+,23?/m0/s1. The molecule has 186 valence electrons. The summed E-state index contributed by atoms with van der Waals surface area (Å²) in [5.41, 5.74) is -0.600. The Kier molecular flexibility index (Phi) is 6.36. The molecule has 4 rings (SSSR count). The number of hydrogen-bond acceptors (Lipinski definition) is 12. The number of fused-ring (bicyclic) bond motifs is 2. The lowest BCUT2D eigenvalue weighted by Crippen LogP contribution is -2.62. The molecule has 35 heavy (non-hydrogen) atoms. The van der Waals surface area contributed by atoms with E-state index >= 15 is 0 Å². The maximum atomic E-state index is 13.0. The first kappa shape index (κ1) is 24.7. The lowest BCUT2D eigenvalue weighted by molar-refractivity contribution is -0.389. The highest BCUT2D eigenvalue weighted by Gasteiger charge is 2.49. The van der Waals surface area contributed by atoms with Gasteiger partial charge in [-0.2, -0.15) is 4.89 Å². The maximum absolute atomic E-state index is 13.0. The van der Waals surface area contributed by atoms with Crippen molar-refractivity contribution in [3.05, 3.63) is 52.1 Å². The van der Waals surface area contributed by atoms with Crippen LogP contribution in [0.3, 0.4) is 0 Å². The molecule has 0 aromatic heterocycles. The van der Waals surface area contributed by atoms with Gasteiger partial charge in [0.25, 0.3) is 0 Å². The molecule has 0 bridgehead atoms. The van der Waals surface area contributed by atoms with E-state index in [2.05, 4.69) is 0 Å². The van der Waals surface area contributed by atoms with Crippen LogP contribution in [0.2, 0.25) is 0 Å². The van der Waals surface area contributed by atoms with Gasteiger partial charge in [0.05, 0.1) is 5.56 Å². The van der Waals surface area contributed by atoms with Crippen LogP contribution in [0.1, 0.15) is 44.3 Å². The Labute approximate surface area is 197 Å². The van der Waals surface area contributed by atoms with Crippen molar-refractivity contribution in [2.75, 3.05) is 0 Å². The van der Waals surface area contributed by atoms with E-state index in [9.17, 15) is 45.0 Å². The number of aromatic hydroxyl groups is 2. The smallest absolute Gasteiger partial charge is 0.232 e. The van der Waals surface area contributed by atoms with Crippen LogP contribution in [0.4, 0.5) is 0 Å². The highest BCUT2D eigenvalue weighted by atomic mass is 17.2. The number of aliphatic hydroxyl groups excluding tert-OH is 4. The summed E-state index contributed by atoms with van der Waals surface area (Å²) in [7, 11) is 0. The van der Waals surface area contributed by atoms with Gasteiger partial charge in [0.15, 0.2) is 23.1 Å². The molecule has 12 nitrogen and oxygen atoms in total. The third-order valence-corrected chi connectivity index (χ3v) is 6.04. The lowest BCUT2D eigenvalue weighted by atomic mass is 9.82. The second kappa shape index (κ2) is 9.00. The number of phenolic OH excluding ortho intramolecular Hbond substituents is 2. The SMILES string of the molecule is CC(=O)C(O)[C@H]1OC(OOc2cc3c(c(O)c2C)C(=O)c2ccc(O)cc2C3=O)[C@H](O)[C@@H](O)[C@@H]1O. The van der Waals surface area contributed by atoms with E-state index in [1.807, 2.05) is 0 Å². The Hall–Kier alpha value is -3.39. The number of phenols is 2. The number of aliphatic hydroxyl groups is 4. The summed E-state index contributed by atoms with van der Waals surface area (Å²) < 4.78 is 5.22. The third-order valence-electron chi connectivity index (χ3n) is 6.04. The van der Waals surface area contributed by atoms with Gasteiger partial charge in [-0.1, -0.05) is 0 Å². The topological polar surface area (TPSA) is 200 Å². The Morgan fingerprint density at radius 1 is 0.971 bits per heavy atom. The van der Waals surface area contributed by atoms with Crippen LogP contribution in [0.25, 0.3) is 0 Å². The van der Waals surface area contributed by atoms with Gasteiger partial charge in [-0.15, -0.1) is 0 Å². The molecule has 1 heterocycles. The van der Waals surface area contributed by atoms with Gasteiger partial charge in [0, 0.05) is 22.3 Å². The lowest BCUT2D eigenvalue weighted by Gasteiger charge is -2.40. The van der Waals surface area contributed by atoms with E-state index in [4.69, 9.17) is 14.5 Å². The molecular formula is C23H22O12. The minimum Gasteiger partial charge on any atom is -0.508 e. The predicted octanol–water partition coefficient (Wildman–Crippen LogP) is -0.750. The van der Waals surface area contributed by atoms with E-state index in [0.29, 0.717) is 0 Å². The van der Waals surface area contributed by atoms with E-state index in [-0.39, 0.29) is 39.3 Å². The van der Waals surface area contributed by atoms with Crippen LogP contribution in [0.5, 0.6) is 17.2 Å². The Morgan fingerprint density at radius 3 is 2.31 bits per heavy atom. The predicted molar refractivity (Wildman–Crippen MR) is 113 cm³/mol. The first-order valence-electron chi connectivity index (χ1n) is 10.4. The van der Waals surface area contributed by atoms with Crippen LogP contribution >= 0.6 is 0 Å². The number of carbonyl (C=O) groups is 3. The molecule has 1 aliphatic carbocycles. The second-order valence-corrected chi connectivity index (χ2v) is 8.33. The second-order valence-electron chi connectivity index (χ2n) is 8.33. The summed E-state index contributed by atoms with van der Waals surface area (Å²) in [6.45, 7) is 2.39. The monoisotopic (exact) mass is 490 g/mol. The van der Waals surface area contributed by atoms with Crippen molar-refractivity contribution >= 4 is 17.3 Å². The normalized spacial score (nSPS) is 26.6. The molecular weight excluding hydrogens is 468 g/mol. The summed E-state index contributed by atoms with van der Waals surface area (Å²) in [4.78, 5) is 47.5. The van der Waals surface area contributed by atoms with Crippen LogP contribution in [0.15, 0.2) is 24.3 Å². The molecule has 6 N–H and O–H groups in total. The van der Waals surface area contributed by atoms with Gasteiger partial charge in [-0.3, -0.25) is 14.4 Å². The van der Waals surface area contributed by atoms with Crippen molar-refractivity contribution < 1.29 is 59.5 Å². The van der Waals surface area contributed by atoms with Crippen LogP contribution in [-0.2, 0) is 14.4 Å². The first-order chi connectivity index (χ1) is 16.4. The van der Waals surface area contributed by atoms with Gasteiger partial charge in [-0.25, -0.2) is 0 Å². The number of carbonyl (C=O) groups excluding carboxylic acids is 3. The zero-order valence-corrected chi connectivity index (χ0v) is 18.4. The fourth-order valence-electron chi connectivity index (χ4n) is 3.98. The minimum atomic E-state index is -1.88. The Balaban J connectivity index is 1.63. The zero-order valence-electron chi connectivity index (χ0n) is 18.4. The van der Waals surface area contributed by atoms with Crippen molar-refractivity contribution in [1.82, 2.24) is 0 Å². The number of hydrogen-bond donors (Lipinski definition) is 6. The van der Waals surface area contributed by atoms with Crippen LogP contribution in [-0.4, -0.2) is 84.8 Å². The van der Waals surface area contributed by atoms with E-state index in [1.165, 1.54) is 19.1 Å². The Bertz CT molecular complexity index is 1220. The minimum absolute atomic E-state index is 0.00117. The molecule has 0 saturated carbocycles. The maximum Gasteiger partial charge on any atom is 0.232 e. The molecule has 2 aromatic rings. The van der Waals surface area contributed by atoms with Gasteiger partial charge < -0.3 is 40.3 Å². The summed E-state index contributed by atoms with van der Waals surface area (Å²) in [6, 6.07) is 4.73. The van der Waals surface area contributed by atoms with Crippen LogP contribution < -0.4 is 4.89 Å². The fourth-order valence-corrected chi connectivity index (χ4v) is 3.98. The average molecular weight is 490 g/mol. The van der Waals surface area contributed by atoms with Gasteiger partial charge in [0.2, 0.25) is 6.29 Å². The largest absolute Gasteiger partial charge is 0.508 e. The Morgan fingerprint density at radius 2 is 1.66 bits per heavy atom. The quantitative estimate of drug-likeness (QED) is 0.193. The molecule has 2 aromatic carbocycles. The zero-order chi connectivity index (χ0) is 25.8. The number of benzene rings is 2. The summed E-state index contributed by atoms with van der Waals surface area (Å²) in [6.07, 6.45) is -10.9. The summed E-state index contributed by atoms with van der Waals surface area (Å²) >= 11 is 0. The molecule has 1 saturated heterocycles. The summed E-state index contributed by atoms with van der Waals surface area (Å²) in [5, 5.41) is 60.6. The molecule has 0 spiro atoms. The highest BCUT2D eigenvalue weighted by molar-refractivity contribution is 6.29. The average Bonchev–Trinajstić information content (AvgIpc) is 2.82.